The summed E-state index contributed by atoms with van der Waals surface area (Å²) in [4.78, 5) is 23.2. The highest BCUT2D eigenvalue weighted by atomic mass is 16.5. The van der Waals surface area contributed by atoms with Crippen molar-refractivity contribution in [3.63, 3.8) is 0 Å². The maximum Gasteiger partial charge on any atom is 0.414 e. The number of benzene rings is 2. The average Bonchev–Trinajstić information content (AvgIpc) is 2.72. The van der Waals surface area contributed by atoms with Gasteiger partial charge in [0.25, 0.3) is 0 Å². The second-order valence-corrected chi connectivity index (χ2v) is 6.65. The quantitative estimate of drug-likeness (QED) is 0.650. The second-order valence-electron chi connectivity index (χ2n) is 6.65. The van der Waals surface area contributed by atoms with Gasteiger partial charge < -0.3 is 20.1 Å². The number of hydrogen-bond donors (Lipinski definition) is 3. The molecule has 0 amide bonds. The lowest BCUT2D eigenvalue weighted by Crippen LogP contribution is -2.45. The van der Waals surface area contributed by atoms with Crippen molar-refractivity contribution in [2.24, 2.45) is 0 Å². The summed E-state index contributed by atoms with van der Waals surface area (Å²) < 4.78 is 5.18. The number of phenols is 1. The molecule has 0 unspecified atom stereocenters. The number of ether oxygens (including phenoxy) is 1. The van der Waals surface area contributed by atoms with Crippen molar-refractivity contribution in [3.8, 4) is 11.5 Å². The number of methoxy groups -OCH3 is 1. The minimum atomic E-state index is -1.82. The highest BCUT2D eigenvalue weighted by Gasteiger charge is 2.17. The molecule has 0 atom stereocenters. The molecule has 0 radical (unpaired) electrons. The van der Waals surface area contributed by atoms with Gasteiger partial charge in [-0.3, -0.25) is 9.80 Å². The van der Waals surface area contributed by atoms with Gasteiger partial charge in [-0.15, -0.1) is 0 Å². The first kappa shape index (κ1) is 22.2. The normalized spacial score (nSPS) is 14.5. The van der Waals surface area contributed by atoms with Crippen LogP contribution >= 0.6 is 0 Å². The van der Waals surface area contributed by atoms with Gasteiger partial charge in [0, 0.05) is 39.3 Å². The van der Waals surface area contributed by atoms with E-state index in [0.717, 1.165) is 39.3 Å². The van der Waals surface area contributed by atoms with Crippen molar-refractivity contribution in [2.75, 3.05) is 33.3 Å². The van der Waals surface area contributed by atoms with Crippen LogP contribution < -0.4 is 4.74 Å². The number of carbonyl (C=O) groups is 2. The number of hydrogen-bond acceptors (Lipinski definition) is 6. The van der Waals surface area contributed by atoms with Gasteiger partial charge in [0.2, 0.25) is 0 Å². The van der Waals surface area contributed by atoms with Crippen molar-refractivity contribution in [1.29, 1.82) is 0 Å². The molecular formula is C21H26N2O6. The minimum Gasteiger partial charge on any atom is -0.504 e. The molecule has 3 rings (SSSR count). The fourth-order valence-corrected chi connectivity index (χ4v) is 3.03. The average molecular weight is 402 g/mol. The molecule has 1 saturated heterocycles. The molecule has 0 aromatic heterocycles. The van der Waals surface area contributed by atoms with Crippen molar-refractivity contribution in [3.05, 3.63) is 59.7 Å². The van der Waals surface area contributed by atoms with Crippen LogP contribution in [0, 0.1) is 0 Å². The van der Waals surface area contributed by atoms with E-state index in [9.17, 15) is 5.11 Å². The van der Waals surface area contributed by atoms with Gasteiger partial charge in [-0.2, -0.15) is 0 Å². The zero-order chi connectivity index (χ0) is 21.2. The van der Waals surface area contributed by atoms with E-state index in [0.29, 0.717) is 5.75 Å². The van der Waals surface area contributed by atoms with Gasteiger partial charge in [0.15, 0.2) is 11.5 Å². The van der Waals surface area contributed by atoms with Crippen LogP contribution in [0.5, 0.6) is 11.5 Å². The number of carboxylic acid groups (broad SMARTS) is 2. The fraction of sp³-hybridized carbons (Fsp3) is 0.333. The van der Waals surface area contributed by atoms with Crippen LogP contribution in [-0.2, 0) is 22.7 Å². The molecule has 1 heterocycles. The SMILES string of the molecule is COc1cc(CN2CCN(Cc3ccccc3)CC2)ccc1O.O=C(O)C(=O)O. The van der Waals surface area contributed by atoms with Crippen molar-refractivity contribution < 1.29 is 29.6 Å². The summed E-state index contributed by atoms with van der Waals surface area (Å²) in [5.41, 5.74) is 2.56. The van der Waals surface area contributed by atoms with Gasteiger partial charge in [-0.25, -0.2) is 9.59 Å². The molecule has 1 aliphatic heterocycles. The first-order chi connectivity index (χ1) is 13.9. The van der Waals surface area contributed by atoms with Gasteiger partial charge in [0.1, 0.15) is 0 Å². The van der Waals surface area contributed by atoms with E-state index in [-0.39, 0.29) is 5.75 Å². The topological polar surface area (TPSA) is 111 Å². The lowest BCUT2D eigenvalue weighted by atomic mass is 10.1. The molecule has 0 saturated carbocycles. The molecule has 8 heteroatoms. The number of piperazine rings is 1. The van der Waals surface area contributed by atoms with Gasteiger partial charge in [-0.05, 0) is 23.3 Å². The summed E-state index contributed by atoms with van der Waals surface area (Å²) in [6, 6.07) is 16.2. The van der Waals surface area contributed by atoms with Crippen LogP contribution in [0.1, 0.15) is 11.1 Å². The molecule has 1 fully saturated rings. The van der Waals surface area contributed by atoms with Crippen molar-refractivity contribution >= 4 is 11.9 Å². The lowest BCUT2D eigenvalue weighted by Gasteiger charge is -2.34. The zero-order valence-corrected chi connectivity index (χ0v) is 16.3. The molecule has 0 spiro atoms. The molecular weight excluding hydrogens is 376 g/mol. The van der Waals surface area contributed by atoms with E-state index < -0.39 is 11.9 Å². The van der Waals surface area contributed by atoms with Gasteiger partial charge in [-0.1, -0.05) is 36.4 Å². The first-order valence-electron chi connectivity index (χ1n) is 9.19. The van der Waals surface area contributed by atoms with Crippen LogP contribution in [0.2, 0.25) is 0 Å². The van der Waals surface area contributed by atoms with Gasteiger partial charge in [0.05, 0.1) is 7.11 Å². The molecule has 2 aromatic rings. The smallest absolute Gasteiger partial charge is 0.414 e. The summed E-state index contributed by atoms with van der Waals surface area (Å²) >= 11 is 0. The van der Waals surface area contributed by atoms with E-state index in [1.54, 1.807) is 13.2 Å². The Balaban J connectivity index is 0.000000438. The largest absolute Gasteiger partial charge is 0.504 e. The number of aliphatic carboxylic acids is 2. The Bertz CT molecular complexity index is 792. The van der Waals surface area contributed by atoms with Crippen molar-refractivity contribution in [2.45, 2.75) is 13.1 Å². The lowest BCUT2D eigenvalue weighted by molar-refractivity contribution is -0.159. The summed E-state index contributed by atoms with van der Waals surface area (Å²) in [5.74, 6) is -2.90. The van der Waals surface area contributed by atoms with Crippen LogP contribution in [0.4, 0.5) is 0 Å². The molecule has 156 valence electrons. The third kappa shape index (κ3) is 7.44. The zero-order valence-electron chi connectivity index (χ0n) is 16.3. The first-order valence-corrected chi connectivity index (χ1v) is 9.19. The summed E-state index contributed by atoms with van der Waals surface area (Å²) in [6.07, 6.45) is 0. The predicted molar refractivity (Wildman–Crippen MR) is 107 cm³/mol. The van der Waals surface area contributed by atoms with Crippen LogP contribution in [-0.4, -0.2) is 70.3 Å². The summed E-state index contributed by atoms with van der Waals surface area (Å²) in [7, 11) is 1.58. The van der Waals surface area contributed by atoms with Crippen LogP contribution in [0.25, 0.3) is 0 Å². The molecule has 0 bridgehead atoms. The standard InChI is InChI=1S/C19H24N2O2.C2H2O4/c1-23-19-13-17(7-8-18(19)22)15-21-11-9-20(10-12-21)14-16-5-3-2-4-6-16;3-1(4)2(5)6/h2-8,13,22H,9-12,14-15H2,1H3;(H,3,4)(H,5,6). The van der Waals surface area contributed by atoms with Crippen LogP contribution in [0.15, 0.2) is 48.5 Å². The second kappa shape index (κ2) is 11.0. The van der Waals surface area contributed by atoms with Gasteiger partial charge >= 0.3 is 11.9 Å². The molecule has 8 nitrogen and oxygen atoms in total. The minimum absolute atomic E-state index is 0.198. The van der Waals surface area contributed by atoms with E-state index in [1.807, 2.05) is 12.1 Å². The number of nitrogens with zero attached hydrogens (tertiary/aromatic N) is 2. The van der Waals surface area contributed by atoms with E-state index in [4.69, 9.17) is 24.5 Å². The maximum atomic E-state index is 9.67. The van der Waals surface area contributed by atoms with E-state index in [1.165, 1.54) is 11.1 Å². The number of rotatable bonds is 5. The Kier molecular flexibility index (Phi) is 8.45. The molecule has 29 heavy (non-hydrogen) atoms. The third-order valence-electron chi connectivity index (χ3n) is 4.55. The summed E-state index contributed by atoms with van der Waals surface area (Å²) in [5, 5.41) is 24.5. The Morgan fingerprint density at radius 3 is 1.86 bits per heavy atom. The molecule has 2 aromatic carbocycles. The molecule has 3 N–H and O–H groups in total. The van der Waals surface area contributed by atoms with Crippen LogP contribution in [0.3, 0.4) is 0 Å². The molecule has 1 aliphatic rings. The maximum absolute atomic E-state index is 9.67. The number of aromatic hydroxyl groups is 1. The summed E-state index contributed by atoms with van der Waals surface area (Å²) in [6.45, 7) is 6.23. The Labute approximate surface area is 169 Å². The van der Waals surface area contributed by atoms with Crippen molar-refractivity contribution in [1.82, 2.24) is 9.80 Å². The number of carboxylic acids is 2. The van der Waals surface area contributed by atoms with E-state index in [2.05, 4.69) is 40.1 Å². The third-order valence-corrected chi connectivity index (χ3v) is 4.55. The Morgan fingerprint density at radius 2 is 1.38 bits per heavy atom. The predicted octanol–water partition coefficient (Wildman–Crippen LogP) is 1.87. The number of phenolic OH excluding ortho intramolecular Hbond substituents is 1. The molecule has 0 aliphatic carbocycles. The Hall–Kier alpha value is -3.10. The Morgan fingerprint density at radius 1 is 0.862 bits per heavy atom. The fourth-order valence-electron chi connectivity index (χ4n) is 3.03. The monoisotopic (exact) mass is 402 g/mol. The van der Waals surface area contributed by atoms with E-state index >= 15 is 0 Å². The highest BCUT2D eigenvalue weighted by molar-refractivity contribution is 6.27. The highest BCUT2D eigenvalue weighted by Crippen LogP contribution is 2.27.